The molecule has 32 heavy (non-hydrogen) atoms. The van der Waals surface area contributed by atoms with Crippen LogP contribution >= 0.6 is 0 Å². The van der Waals surface area contributed by atoms with Crippen molar-refractivity contribution in [2.45, 2.75) is 57.8 Å². The van der Waals surface area contributed by atoms with Gasteiger partial charge in [-0.1, -0.05) is 13.0 Å². The van der Waals surface area contributed by atoms with E-state index in [1.54, 1.807) is 25.4 Å². The number of nitrogens with one attached hydrogen (secondary N) is 1. The maximum absolute atomic E-state index is 13.8. The Morgan fingerprint density at radius 1 is 1.25 bits per heavy atom. The highest BCUT2D eigenvalue weighted by Crippen LogP contribution is 2.62. The average molecular weight is 437 g/mol. The molecule has 5 rings (SSSR count). The Morgan fingerprint density at radius 3 is 2.97 bits per heavy atom. The van der Waals surface area contributed by atoms with Gasteiger partial charge in [0.25, 0.3) is 0 Å². The molecule has 3 aliphatic rings. The van der Waals surface area contributed by atoms with Crippen LogP contribution < -0.4 is 10.1 Å². The number of ether oxygens (including phenoxy) is 1. The molecule has 2 aromatic rings. The first-order valence-corrected chi connectivity index (χ1v) is 12.0. The van der Waals surface area contributed by atoms with Crippen LogP contribution in [0.4, 0.5) is 10.2 Å². The number of pyridine rings is 1. The van der Waals surface area contributed by atoms with E-state index in [1.165, 1.54) is 11.1 Å². The number of methoxy groups -OCH3 is 1. The van der Waals surface area contributed by atoms with Crippen molar-refractivity contribution in [2.24, 2.45) is 23.2 Å². The summed E-state index contributed by atoms with van der Waals surface area (Å²) in [5.74, 6) is 3.87. The average Bonchev–Trinajstić information content (AvgIpc) is 3.06. The van der Waals surface area contributed by atoms with Crippen LogP contribution in [0.15, 0.2) is 36.5 Å². The number of nitrogens with zero attached hydrogens (tertiary/aromatic N) is 1. The summed E-state index contributed by atoms with van der Waals surface area (Å²) in [7, 11) is 1.66. The highest BCUT2D eigenvalue weighted by molar-refractivity contribution is 5.87. The van der Waals surface area contributed by atoms with E-state index in [0.717, 1.165) is 63.1 Å². The number of fused-ring (bicyclic) bond motifs is 5. The van der Waals surface area contributed by atoms with E-state index in [1.807, 2.05) is 18.2 Å². The number of hydrogen-bond donors (Lipinski definition) is 1. The molecule has 1 heterocycles. The molecule has 0 spiro atoms. The number of ketones is 1. The standard InChI is InChI=1S/C27H33FN2O2/c1-27-11-9-22-21-8-6-19(28)14-17(21)5-7-23(22)26(27)18(15-24(27)31)4-3-12-29-25-16-20(32-2)10-13-30-25/h6,8,10,13-14,16,18,22-23,26H,3-5,7,9,11-12,15H2,1-2H3,(H,29,30)/t18?,22?,23?,26?,27-/m1/s1. The molecule has 1 N–H and O–H groups in total. The lowest BCUT2D eigenvalue weighted by atomic mass is 9.54. The maximum atomic E-state index is 13.8. The third-order valence-corrected chi connectivity index (χ3v) is 8.56. The Labute approximate surface area is 190 Å². The second kappa shape index (κ2) is 8.49. The van der Waals surface area contributed by atoms with Gasteiger partial charge in [0.1, 0.15) is 23.2 Å². The predicted molar refractivity (Wildman–Crippen MR) is 123 cm³/mol. The largest absolute Gasteiger partial charge is 0.497 e. The highest BCUT2D eigenvalue weighted by Gasteiger charge is 2.58. The third kappa shape index (κ3) is 3.70. The van der Waals surface area contributed by atoms with Gasteiger partial charge in [0.15, 0.2) is 0 Å². The first-order valence-electron chi connectivity index (χ1n) is 12.0. The predicted octanol–water partition coefficient (Wildman–Crippen LogP) is 5.77. The second-order valence-electron chi connectivity index (χ2n) is 10.2. The molecule has 5 heteroatoms. The smallest absolute Gasteiger partial charge is 0.139 e. The van der Waals surface area contributed by atoms with E-state index in [9.17, 15) is 9.18 Å². The van der Waals surface area contributed by atoms with Crippen molar-refractivity contribution in [3.63, 3.8) is 0 Å². The minimum atomic E-state index is -0.175. The van der Waals surface area contributed by atoms with Gasteiger partial charge in [0, 0.05) is 30.6 Å². The monoisotopic (exact) mass is 436 g/mol. The number of rotatable bonds is 6. The molecule has 0 aliphatic heterocycles. The molecule has 170 valence electrons. The highest BCUT2D eigenvalue weighted by atomic mass is 19.1. The van der Waals surface area contributed by atoms with Crippen LogP contribution in [0.25, 0.3) is 0 Å². The van der Waals surface area contributed by atoms with E-state index in [2.05, 4.69) is 17.2 Å². The van der Waals surface area contributed by atoms with Crippen LogP contribution in [-0.2, 0) is 11.2 Å². The van der Waals surface area contributed by atoms with Gasteiger partial charge in [-0.3, -0.25) is 4.79 Å². The van der Waals surface area contributed by atoms with E-state index in [4.69, 9.17) is 4.74 Å². The summed E-state index contributed by atoms with van der Waals surface area (Å²) in [5.41, 5.74) is 2.35. The summed E-state index contributed by atoms with van der Waals surface area (Å²) in [6, 6.07) is 9.11. The van der Waals surface area contributed by atoms with Crippen LogP contribution in [0.5, 0.6) is 5.75 Å². The zero-order valence-electron chi connectivity index (χ0n) is 19.1. The summed E-state index contributed by atoms with van der Waals surface area (Å²) in [6.45, 7) is 3.07. The number of aromatic nitrogens is 1. The van der Waals surface area contributed by atoms with Crippen molar-refractivity contribution < 1.29 is 13.9 Å². The topological polar surface area (TPSA) is 51.2 Å². The van der Waals surface area contributed by atoms with Gasteiger partial charge in [0.05, 0.1) is 7.11 Å². The van der Waals surface area contributed by atoms with Crippen LogP contribution in [0.3, 0.4) is 0 Å². The lowest BCUT2D eigenvalue weighted by Crippen LogP contribution is -2.44. The lowest BCUT2D eigenvalue weighted by molar-refractivity contribution is -0.129. The van der Waals surface area contributed by atoms with Crippen molar-refractivity contribution in [2.75, 3.05) is 19.0 Å². The van der Waals surface area contributed by atoms with Crippen LogP contribution in [0, 0.1) is 29.0 Å². The molecular formula is C27H33FN2O2. The van der Waals surface area contributed by atoms with Crippen molar-refractivity contribution in [3.05, 3.63) is 53.5 Å². The minimum absolute atomic E-state index is 0.130. The van der Waals surface area contributed by atoms with Crippen molar-refractivity contribution in [1.82, 2.24) is 4.98 Å². The molecular weight excluding hydrogens is 403 g/mol. The Kier molecular flexibility index (Phi) is 5.68. The molecule has 0 radical (unpaired) electrons. The zero-order valence-corrected chi connectivity index (χ0v) is 19.1. The van der Waals surface area contributed by atoms with Gasteiger partial charge in [-0.15, -0.1) is 0 Å². The van der Waals surface area contributed by atoms with E-state index < -0.39 is 0 Å². The molecule has 1 aromatic heterocycles. The molecule has 0 saturated heterocycles. The van der Waals surface area contributed by atoms with Crippen molar-refractivity contribution in [1.29, 1.82) is 0 Å². The minimum Gasteiger partial charge on any atom is -0.497 e. The molecule has 2 saturated carbocycles. The molecule has 4 unspecified atom stereocenters. The lowest BCUT2D eigenvalue weighted by Gasteiger charge is -2.50. The molecule has 2 fully saturated rings. The fourth-order valence-electron chi connectivity index (χ4n) is 7.09. The van der Waals surface area contributed by atoms with Crippen molar-refractivity contribution >= 4 is 11.6 Å². The Balaban J connectivity index is 1.28. The number of halogens is 1. The SMILES string of the molecule is COc1ccnc(NCCCC2CC(=O)[C@@]3(C)CCC4c5ccc(F)cc5CCC4C23)c1. The summed E-state index contributed by atoms with van der Waals surface area (Å²) in [5, 5.41) is 3.40. The van der Waals surface area contributed by atoms with Crippen LogP contribution in [-0.4, -0.2) is 24.4 Å². The first-order chi connectivity index (χ1) is 15.5. The Morgan fingerprint density at radius 2 is 2.12 bits per heavy atom. The van der Waals surface area contributed by atoms with Crippen LogP contribution in [0.1, 0.15) is 62.5 Å². The number of hydrogen-bond acceptors (Lipinski definition) is 4. The van der Waals surface area contributed by atoms with E-state index >= 15 is 0 Å². The summed E-state index contributed by atoms with van der Waals surface area (Å²) >= 11 is 0. The van der Waals surface area contributed by atoms with Gasteiger partial charge in [-0.25, -0.2) is 9.37 Å². The van der Waals surface area contributed by atoms with Gasteiger partial charge >= 0.3 is 0 Å². The fraction of sp³-hybridized carbons (Fsp3) is 0.556. The molecule has 5 atom stereocenters. The normalized spacial score (nSPS) is 30.9. The Bertz CT molecular complexity index is 1010. The number of carbonyl (C=O) groups is 1. The maximum Gasteiger partial charge on any atom is 0.139 e. The van der Waals surface area contributed by atoms with Gasteiger partial charge in [0.2, 0.25) is 0 Å². The quantitative estimate of drug-likeness (QED) is 0.584. The molecule has 0 amide bonds. The number of anilines is 1. The Hall–Kier alpha value is -2.43. The zero-order chi connectivity index (χ0) is 22.3. The molecule has 0 bridgehead atoms. The van der Waals surface area contributed by atoms with Gasteiger partial charge in [-0.05, 0) is 91.5 Å². The molecule has 3 aliphatic carbocycles. The number of benzene rings is 1. The fourth-order valence-corrected chi connectivity index (χ4v) is 7.09. The summed E-state index contributed by atoms with van der Waals surface area (Å²) in [6.07, 6.45) is 8.58. The van der Waals surface area contributed by atoms with Gasteiger partial charge < -0.3 is 10.1 Å². The third-order valence-electron chi connectivity index (χ3n) is 8.56. The summed E-state index contributed by atoms with van der Waals surface area (Å²) in [4.78, 5) is 17.5. The molecule has 1 aromatic carbocycles. The van der Waals surface area contributed by atoms with E-state index in [-0.39, 0.29) is 11.2 Å². The first kappa shape index (κ1) is 21.4. The summed E-state index contributed by atoms with van der Waals surface area (Å²) < 4.78 is 19.1. The van der Waals surface area contributed by atoms with Gasteiger partial charge in [-0.2, -0.15) is 0 Å². The number of carbonyl (C=O) groups excluding carboxylic acids is 1. The second-order valence-corrected chi connectivity index (χ2v) is 10.2. The van der Waals surface area contributed by atoms with Crippen LogP contribution in [0.2, 0.25) is 0 Å². The number of aryl methyl sites for hydroxylation is 1. The van der Waals surface area contributed by atoms with E-state index in [0.29, 0.717) is 29.5 Å². The molecule has 4 nitrogen and oxygen atoms in total. The number of Topliss-reactive ketones (excluding diaryl/α,β-unsaturated/α-hetero) is 1. The van der Waals surface area contributed by atoms with Crippen molar-refractivity contribution in [3.8, 4) is 5.75 Å².